The minimum absolute atomic E-state index is 0.00800. The number of nitrogens with one attached hydrogen (secondary N) is 1. The molecule has 184 valence electrons. The summed E-state index contributed by atoms with van der Waals surface area (Å²) in [6.07, 6.45) is 7.43. The maximum absolute atomic E-state index is 13.6. The molecule has 3 unspecified atom stereocenters. The molecule has 1 N–H and O–H groups in total. The molecule has 3 atom stereocenters. The summed E-state index contributed by atoms with van der Waals surface area (Å²) in [6, 6.07) is -0.799. The van der Waals surface area contributed by atoms with Gasteiger partial charge < -0.3 is 15.0 Å². The molecule has 0 radical (unpaired) electrons. The Morgan fingerprint density at radius 3 is 2.88 bits per heavy atom. The summed E-state index contributed by atoms with van der Waals surface area (Å²) >= 11 is 1.44. The molecule has 1 aromatic heterocycles. The first-order valence-corrected chi connectivity index (χ1v) is 12.7. The average Bonchev–Trinajstić information content (AvgIpc) is 3.29. The number of aldehydes is 1. The molecular formula is C24H38N4O4S. The third-order valence-corrected chi connectivity index (χ3v) is 7.08. The molecule has 1 aliphatic heterocycles. The molecule has 1 aromatic rings. The van der Waals surface area contributed by atoms with Crippen molar-refractivity contribution in [1.29, 1.82) is 0 Å². The molecule has 1 saturated heterocycles. The number of aryl methyl sites for hydroxylation is 1. The van der Waals surface area contributed by atoms with Crippen LogP contribution >= 0.6 is 11.3 Å². The molecule has 0 aromatic carbocycles. The molecule has 8 nitrogen and oxygen atoms in total. The van der Waals surface area contributed by atoms with E-state index in [0.29, 0.717) is 31.7 Å². The summed E-state index contributed by atoms with van der Waals surface area (Å²) < 4.78 is 5.60. The summed E-state index contributed by atoms with van der Waals surface area (Å²) in [5.41, 5.74) is 0.435. The zero-order chi connectivity index (χ0) is 24.2. The third kappa shape index (κ3) is 8.32. The van der Waals surface area contributed by atoms with Gasteiger partial charge in [0.2, 0.25) is 11.8 Å². The zero-order valence-corrected chi connectivity index (χ0v) is 20.9. The van der Waals surface area contributed by atoms with Gasteiger partial charge in [-0.15, -0.1) is 17.9 Å². The Labute approximate surface area is 201 Å². The van der Waals surface area contributed by atoms with E-state index in [4.69, 9.17) is 4.74 Å². The van der Waals surface area contributed by atoms with E-state index in [1.807, 2.05) is 20.9 Å². The lowest BCUT2D eigenvalue weighted by molar-refractivity contribution is -0.143. The first-order valence-electron chi connectivity index (χ1n) is 11.8. The van der Waals surface area contributed by atoms with Crippen molar-refractivity contribution in [1.82, 2.24) is 20.1 Å². The average molecular weight is 479 g/mol. The molecule has 2 rings (SSSR count). The number of carbonyl (C=O) groups excluding carboxylic acids is 3. The van der Waals surface area contributed by atoms with Crippen LogP contribution in [0.2, 0.25) is 0 Å². The molecule has 1 fully saturated rings. The number of aromatic nitrogens is 1. The van der Waals surface area contributed by atoms with Gasteiger partial charge in [-0.2, -0.15) is 0 Å². The van der Waals surface area contributed by atoms with Gasteiger partial charge >= 0.3 is 0 Å². The normalized spacial score (nSPS) is 18.3. The highest BCUT2D eigenvalue weighted by Gasteiger charge is 2.33. The number of likely N-dealkylation sites (N-methyl/N-ethyl adjacent to an activating group) is 1. The van der Waals surface area contributed by atoms with E-state index in [9.17, 15) is 14.4 Å². The molecule has 1 aliphatic rings. The van der Waals surface area contributed by atoms with Crippen LogP contribution in [-0.2, 0) is 20.7 Å². The van der Waals surface area contributed by atoms with Crippen LogP contribution in [0.15, 0.2) is 18.0 Å². The van der Waals surface area contributed by atoms with Gasteiger partial charge in [0.25, 0.3) is 0 Å². The lowest BCUT2D eigenvalue weighted by atomic mass is 9.96. The number of amides is 2. The highest BCUT2D eigenvalue weighted by Crippen LogP contribution is 2.18. The number of rotatable bonds is 14. The lowest BCUT2D eigenvalue weighted by Crippen LogP contribution is -2.57. The monoisotopic (exact) mass is 478 g/mol. The van der Waals surface area contributed by atoms with Crippen molar-refractivity contribution in [2.75, 3.05) is 33.5 Å². The molecule has 33 heavy (non-hydrogen) atoms. The van der Waals surface area contributed by atoms with Crippen LogP contribution in [0.25, 0.3) is 0 Å². The van der Waals surface area contributed by atoms with E-state index in [1.165, 1.54) is 11.3 Å². The van der Waals surface area contributed by atoms with Gasteiger partial charge in [-0.25, -0.2) is 4.98 Å². The number of thiazole rings is 1. The molecule has 0 saturated carbocycles. The topological polar surface area (TPSA) is 91.8 Å². The summed E-state index contributed by atoms with van der Waals surface area (Å²) in [6.45, 7) is 9.52. The highest BCUT2D eigenvalue weighted by molar-refractivity contribution is 7.09. The van der Waals surface area contributed by atoms with Crippen LogP contribution < -0.4 is 5.32 Å². The smallest absolute Gasteiger partial charge is 0.247 e. The number of piperidine rings is 1. The first-order chi connectivity index (χ1) is 15.9. The van der Waals surface area contributed by atoms with E-state index in [1.54, 1.807) is 16.4 Å². The Kier molecular flexibility index (Phi) is 11.7. The second kappa shape index (κ2) is 14.2. The van der Waals surface area contributed by atoms with Gasteiger partial charge in [-0.3, -0.25) is 19.3 Å². The van der Waals surface area contributed by atoms with Gasteiger partial charge in [-0.1, -0.05) is 32.8 Å². The van der Waals surface area contributed by atoms with Crippen LogP contribution in [0, 0.1) is 5.92 Å². The largest absolute Gasteiger partial charge is 0.357 e. The summed E-state index contributed by atoms with van der Waals surface area (Å²) in [5, 5.41) is 5.66. The fourth-order valence-corrected chi connectivity index (χ4v) is 4.72. The number of nitrogens with zero attached hydrogens (tertiary/aromatic N) is 3. The molecule has 0 aliphatic carbocycles. The second-order valence-corrected chi connectivity index (χ2v) is 9.58. The molecule has 2 heterocycles. The summed E-state index contributed by atoms with van der Waals surface area (Å²) in [7, 11) is 1.97. The third-order valence-electron chi connectivity index (χ3n) is 6.15. The Balaban J connectivity index is 2.07. The van der Waals surface area contributed by atoms with Crippen LogP contribution in [0.3, 0.4) is 0 Å². The van der Waals surface area contributed by atoms with Crippen LogP contribution in [0.5, 0.6) is 0 Å². The second-order valence-electron chi connectivity index (χ2n) is 8.64. The summed E-state index contributed by atoms with van der Waals surface area (Å²) in [4.78, 5) is 45.5. The number of carbonyl (C=O) groups is 3. The number of likely N-dealkylation sites (tertiary alicyclic amines) is 1. The van der Waals surface area contributed by atoms with Gasteiger partial charge in [0.15, 0.2) is 6.29 Å². The minimum Gasteiger partial charge on any atom is -0.357 e. The Morgan fingerprint density at radius 1 is 1.45 bits per heavy atom. The van der Waals surface area contributed by atoms with E-state index >= 15 is 0 Å². The van der Waals surface area contributed by atoms with Crippen LogP contribution in [-0.4, -0.2) is 78.4 Å². The molecule has 9 heteroatoms. The summed E-state index contributed by atoms with van der Waals surface area (Å²) in [5.74, 6) is -0.216. The Morgan fingerprint density at radius 2 is 2.24 bits per heavy atom. The van der Waals surface area contributed by atoms with Gasteiger partial charge in [-0.05, 0) is 38.8 Å². The predicted octanol–water partition coefficient (Wildman–Crippen LogP) is 2.89. The SMILES string of the molecule is C=CCOCN(CCCc1nc(C=O)cs1)C(=O)C(NC(=O)C1CCCCN1C)C(C)CC. The van der Waals surface area contributed by atoms with E-state index in [0.717, 1.165) is 43.5 Å². The molecule has 2 amide bonds. The first kappa shape index (κ1) is 27.1. The molecule has 0 spiro atoms. The van der Waals surface area contributed by atoms with Crippen molar-refractivity contribution in [3.8, 4) is 0 Å². The van der Waals surface area contributed by atoms with E-state index in [-0.39, 0.29) is 30.5 Å². The van der Waals surface area contributed by atoms with Crippen molar-refractivity contribution in [2.45, 2.75) is 64.5 Å². The maximum atomic E-state index is 13.6. The van der Waals surface area contributed by atoms with Gasteiger partial charge in [0, 0.05) is 18.3 Å². The van der Waals surface area contributed by atoms with Crippen molar-refractivity contribution in [3.63, 3.8) is 0 Å². The standard InChI is InChI=1S/C24H38N4O4S/c1-5-14-32-17-28(13-9-11-21-25-19(15-29)16-33-21)24(31)22(18(3)6-2)26-23(30)20-10-7-8-12-27(20)4/h5,15-16,18,20,22H,1,6-14,17H2,2-4H3,(H,26,30). The highest BCUT2D eigenvalue weighted by atomic mass is 32.1. The van der Waals surface area contributed by atoms with E-state index in [2.05, 4.69) is 21.8 Å². The Bertz CT molecular complexity index is 784. The fraction of sp³-hybridized carbons (Fsp3) is 0.667. The predicted molar refractivity (Wildman–Crippen MR) is 130 cm³/mol. The van der Waals surface area contributed by atoms with Crippen LogP contribution in [0.4, 0.5) is 0 Å². The van der Waals surface area contributed by atoms with Crippen molar-refractivity contribution in [3.05, 3.63) is 28.7 Å². The maximum Gasteiger partial charge on any atom is 0.247 e. The lowest BCUT2D eigenvalue weighted by Gasteiger charge is -2.35. The van der Waals surface area contributed by atoms with E-state index < -0.39 is 6.04 Å². The Hall–Kier alpha value is -2.10. The minimum atomic E-state index is -0.605. The number of hydrogen-bond donors (Lipinski definition) is 1. The van der Waals surface area contributed by atoms with Crippen molar-refractivity contribution in [2.24, 2.45) is 5.92 Å². The van der Waals surface area contributed by atoms with Gasteiger partial charge in [0.1, 0.15) is 18.5 Å². The van der Waals surface area contributed by atoms with Crippen molar-refractivity contribution >= 4 is 29.4 Å². The fourth-order valence-electron chi connectivity index (χ4n) is 3.94. The zero-order valence-electron chi connectivity index (χ0n) is 20.1. The number of hydrogen-bond acceptors (Lipinski definition) is 7. The van der Waals surface area contributed by atoms with Gasteiger partial charge in [0.05, 0.1) is 17.7 Å². The molecule has 0 bridgehead atoms. The molecular weight excluding hydrogens is 440 g/mol. The van der Waals surface area contributed by atoms with Crippen molar-refractivity contribution < 1.29 is 19.1 Å². The van der Waals surface area contributed by atoms with Crippen LogP contribution in [0.1, 0.15) is 61.4 Å². The quantitative estimate of drug-likeness (QED) is 0.191. The number of ether oxygens (including phenoxy) is 1.